The van der Waals surface area contributed by atoms with Crippen molar-refractivity contribution >= 4 is 23.2 Å². The van der Waals surface area contributed by atoms with Crippen molar-refractivity contribution in [3.05, 3.63) is 82.8 Å². The van der Waals surface area contributed by atoms with Crippen LogP contribution < -0.4 is 0 Å². The molecular formula is C34H37NO5. The molecule has 2 aromatic carbocycles. The van der Waals surface area contributed by atoms with Gasteiger partial charge in [0, 0.05) is 29.4 Å². The highest BCUT2D eigenvalue weighted by Crippen LogP contribution is 2.54. The van der Waals surface area contributed by atoms with Gasteiger partial charge in [0.15, 0.2) is 5.78 Å². The fourth-order valence-corrected chi connectivity index (χ4v) is 6.79. The van der Waals surface area contributed by atoms with Crippen molar-refractivity contribution in [2.75, 3.05) is 0 Å². The highest BCUT2D eigenvalue weighted by atomic mass is 16.7. The molecule has 5 rings (SSSR count). The number of furan rings is 1. The molecule has 2 aliphatic rings. The molecule has 0 bridgehead atoms. The van der Waals surface area contributed by atoms with Gasteiger partial charge in [-0.15, -0.1) is 0 Å². The Hall–Kier alpha value is -3.80. The minimum absolute atomic E-state index is 0.0152. The third kappa shape index (κ3) is 5.07. The topological polar surface area (TPSA) is 85.9 Å². The van der Waals surface area contributed by atoms with Crippen LogP contribution in [0, 0.1) is 5.92 Å². The SMILES string of the molecule is CCCC1(CCC)c2cc(C(=O)/C(=N/OC(C)=O)C3CCCCC3)ccc2-c2ccc(C(=O)c3ccoc3)cc21. The molecule has 0 amide bonds. The quantitative estimate of drug-likeness (QED) is 0.113. The lowest BCUT2D eigenvalue weighted by Crippen LogP contribution is -2.28. The average molecular weight is 540 g/mol. The fraction of sp³-hybridized carbons (Fsp3) is 0.412. The molecule has 3 aromatic rings. The van der Waals surface area contributed by atoms with Crippen LogP contribution in [-0.2, 0) is 15.0 Å². The van der Waals surface area contributed by atoms with Gasteiger partial charge in [-0.2, -0.15) is 0 Å². The summed E-state index contributed by atoms with van der Waals surface area (Å²) in [4.78, 5) is 43.8. The predicted octanol–water partition coefficient (Wildman–Crippen LogP) is 8.06. The molecule has 0 saturated heterocycles. The summed E-state index contributed by atoms with van der Waals surface area (Å²) in [5, 5.41) is 4.09. The maximum Gasteiger partial charge on any atom is 0.331 e. The number of oxime groups is 1. The molecule has 0 unspecified atom stereocenters. The van der Waals surface area contributed by atoms with Crippen LogP contribution in [0.3, 0.4) is 0 Å². The number of benzene rings is 2. The lowest BCUT2D eigenvalue weighted by molar-refractivity contribution is -0.140. The maximum atomic E-state index is 14.0. The molecule has 1 heterocycles. The van der Waals surface area contributed by atoms with Crippen molar-refractivity contribution in [2.45, 2.75) is 84.0 Å². The number of ketones is 2. The summed E-state index contributed by atoms with van der Waals surface area (Å²) in [6.45, 7) is 5.66. The van der Waals surface area contributed by atoms with Crippen LogP contribution in [0.15, 0.2) is 64.6 Å². The molecule has 1 saturated carbocycles. The Morgan fingerprint density at radius 3 is 2.08 bits per heavy atom. The second-order valence-electron chi connectivity index (χ2n) is 11.2. The number of nitrogens with zero attached hydrogens (tertiary/aromatic N) is 1. The van der Waals surface area contributed by atoms with E-state index < -0.39 is 5.97 Å². The molecule has 2 aliphatic carbocycles. The van der Waals surface area contributed by atoms with E-state index in [1.165, 1.54) is 19.5 Å². The zero-order valence-corrected chi connectivity index (χ0v) is 23.6. The zero-order chi connectivity index (χ0) is 28.3. The monoisotopic (exact) mass is 539 g/mol. The standard InChI is InChI=1S/C34H37NO5/c1-4-16-34(17-5-2)29-19-24(32(37)26-15-18-39-21-26)11-13-27(29)28-14-12-25(20-30(28)34)33(38)31(35-40-22(3)36)23-9-7-6-8-10-23/h11-15,18-21,23H,4-10,16-17H2,1-3H3/b35-31+. The second-order valence-corrected chi connectivity index (χ2v) is 11.2. The molecule has 208 valence electrons. The summed E-state index contributed by atoms with van der Waals surface area (Å²) < 4.78 is 5.16. The zero-order valence-electron chi connectivity index (χ0n) is 23.6. The number of hydrogen-bond donors (Lipinski definition) is 0. The second kappa shape index (κ2) is 11.7. The molecule has 0 spiro atoms. The van der Waals surface area contributed by atoms with Gasteiger partial charge in [-0.1, -0.05) is 75.4 Å². The van der Waals surface area contributed by atoms with Crippen molar-refractivity contribution in [3.8, 4) is 11.1 Å². The van der Waals surface area contributed by atoms with Crippen LogP contribution in [0.1, 0.15) is 116 Å². The highest BCUT2D eigenvalue weighted by Gasteiger charge is 2.43. The first-order valence-electron chi connectivity index (χ1n) is 14.6. The molecule has 0 aliphatic heterocycles. The van der Waals surface area contributed by atoms with Crippen LogP contribution in [-0.4, -0.2) is 23.2 Å². The molecule has 1 fully saturated rings. The van der Waals surface area contributed by atoms with Crippen LogP contribution in [0.5, 0.6) is 0 Å². The van der Waals surface area contributed by atoms with Gasteiger partial charge in [0.2, 0.25) is 5.78 Å². The summed E-state index contributed by atoms with van der Waals surface area (Å²) in [6.07, 6.45) is 11.7. The lowest BCUT2D eigenvalue weighted by atomic mass is 9.70. The van der Waals surface area contributed by atoms with Crippen LogP contribution in [0.2, 0.25) is 0 Å². The third-order valence-corrected chi connectivity index (χ3v) is 8.52. The van der Waals surface area contributed by atoms with Gasteiger partial charge in [-0.05, 0) is 66.1 Å². The largest absolute Gasteiger partial charge is 0.472 e. The molecule has 0 N–H and O–H groups in total. The number of carbonyl (C=O) groups excluding carboxylic acids is 3. The highest BCUT2D eigenvalue weighted by molar-refractivity contribution is 6.46. The van der Waals surface area contributed by atoms with Gasteiger partial charge < -0.3 is 9.25 Å². The van der Waals surface area contributed by atoms with E-state index in [9.17, 15) is 14.4 Å². The average Bonchev–Trinajstić information content (AvgIpc) is 3.59. The minimum atomic E-state index is -0.531. The van der Waals surface area contributed by atoms with Crippen molar-refractivity contribution in [2.24, 2.45) is 11.1 Å². The van der Waals surface area contributed by atoms with Crippen molar-refractivity contribution in [3.63, 3.8) is 0 Å². The smallest absolute Gasteiger partial charge is 0.331 e. The van der Waals surface area contributed by atoms with Gasteiger partial charge in [0.25, 0.3) is 0 Å². The molecule has 6 heteroatoms. The van der Waals surface area contributed by atoms with Crippen molar-refractivity contribution in [1.82, 2.24) is 0 Å². The van der Waals surface area contributed by atoms with Crippen LogP contribution in [0.25, 0.3) is 11.1 Å². The van der Waals surface area contributed by atoms with Gasteiger partial charge >= 0.3 is 5.97 Å². The van der Waals surface area contributed by atoms with Gasteiger partial charge in [0.1, 0.15) is 12.0 Å². The normalized spacial score (nSPS) is 16.3. The first-order chi connectivity index (χ1) is 19.4. The molecule has 6 nitrogen and oxygen atoms in total. The Kier molecular flexibility index (Phi) is 8.15. The summed E-state index contributed by atoms with van der Waals surface area (Å²) in [7, 11) is 0. The number of carbonyl (C=O) groups is 3. The van der Waals surface area contributed by atoms with E-state index in [1.807, 2.05) is 36.4 Å². The minimum Gasteiger partial charge on any atom is -0.472 e. The molecular weight excluding hydrogens is 502 g/mol. The Bertz CT molecular complexity index is 1440. The molecule has 0 atom stereocenters. The lowest BCUT2D eigenvalue weighted by Gasteiger charge is -2.32. The van der Waals surface area contributed by atoms with Crippen molar-refractivity contribution < 1.29 is 23.6 Å². The van der Waals surface area contributed by atoms with Gasteiger partial charge in [-0.25, -0.2) is 4.79 Å². The number of Topliss-reactive ketones (excluding diaryl/α,β-unsaturated/α-hetero) is 1. The van der Waals surface area contributed by atoms with E-state index >= 15 is 0 Å². The first kappa shape index (κ1) is 27.8. The van der Waals surface area contributed by atoms with Gasteiger partial charge in [-0.3, -0.25) is 9.59 Å². The summed E-state index contributed by atoms with van der Waals surface area (Å²) in [5.74, 6) is -0.788. The summed E-state index contributed by atoms with van der Waals surface area (Å²) in [6, 6.07) is 13.6. The first-order valence-corrected chi connectivity index (χ1v) is 14.6. The van der Waals surface area contributed by atoms with Crippen LogP contribution in [0.4, 0.5) is 0 Å². The van der Waals surface area contributed by atoms with E-state index in [0.29, 0.717) is 22.4 Å². The van der Waals surface area contributed by atoms with E-state index in [2.05, 4.69) is 19.0 Å². The Labute approximate surface area is 235 Å². The number of fused-ring (bicyclic) bond motifs is 3. The summed E-state index contributed by atoms with van der Waals surface area (Å²) in [5.41, 5.74) is 6.24. The Balaban J connectivity index is 1.60. The number of rotatable bonds is 10. The molecule has 40 heavy (non-hydrogen) atoms. The molecule has 0 radical (unpaired) electrons. The van der Waals surface area contributed by atoms with E-state index in [4.69, 9.17) is 9.25 Å². The maximum absolute atomic E-state index is 14.0. The van der Waals surface area contributed by atoms with E-state index in [1.54, 1.807) is 6.07 Å². The van der Waals surface area contributed by atoms with Crippen LogP contribution >= 0.6 is 0 Å². The molecule has 1 aromatic heterocycles. The van der Waals surface area contributed by atoms with E-state index in [-0.39, 0.29) is 22.9 Å². The fourth-order valence-electron chi connectivity index (χ4n) is 6.79. The Morgan fingerprint density at radius 2 is 1.50 bits per heavy atom. The predicted molar refractivity (Wildman–Crippen MR) is 155 cm³/mol. The number of hydrogen-bond acceptors (Lipinski definition) is 6. The van der Waals surface area contributed by atoms with Gasteiger partial charge in [0.05, 0.1) is 11.8 Å². The third-order valence-electron chi connectivity index (χ3n) is 8.52. The van der Waals surface area contributed by atoms with Crippen molar-refractivity contribution in [1.29, 1.82) is 0 Å². The summed E-state index contributed by atoms with van der Waals surface area (Å²) >= 11 is 0. The van der Waals surface area contributed by atoms with E-state index in [0.717, 1.165) is 80.0 Å². The Morgan fingerprint density at radius 1 is 0.875 bits per heavy atom.